The number of halogens is 2. The number of benzene rings is 1. The van der Waals surface area contributed by atoms with E-state index in [9.17, 15) is 9.18 Å². The van der Waals surface area contributed by atoms with E-state index in [1.54, 1.807) is 18.2 Å². The third-order valence-electron chi connectivity index (χ3n) is 4.16. The highest BCUT2D eigenvalue weighted by Gasteiger charge is 2.40. The fourth-order valence-corrected chi connectivity index (χ4v) is 3.29. The lowest BCUT2D eigenvalue weighted by Crippen LogP contribution is -2.54. The first-order chi connectivity index (χ1) is 9.48. The Balaban J connectivity index is 3.34. The molecule has 0 saturated carbocycles. The minimum absolute atomic E-state index is 0.120. The van der Waals surface area contributed by atoms with Crippen molar-refractivity contribution in [3.05, 3.63) is 34.1 Å². The number of Topliss-reactive ketones (excluding diaryl/α,β-unsaturated/α-hetero) is 1. The molecule has 0 amide bonds. The van der Waals surface area contributed by atoms with E-state index in [4.69, 9.17) is 0 Å². The number of carbonyl (C=O) groups excluding carboxylic acids is 1. The summed E-state index contributed by atoms with van der Waals surface area (Å²) < 4.78 is 14.6. The third kappa shape index (κ3) is 2.96. The number of carbonyl (C=O) groups is 1. The molecular weight excluding hydrogens is 321 g/mol. The van der Waals surface area contributed by atoms with Crippen molar-refractivity contribution < 1.29 is 9.18 Å². The molecule has 112 valence electrons. The van der Waals surface area contributed by atoms with Gasteiger partial charge in [0.15, 0.2) is 5.78 Å². The zero-order chi connectivity index (χ0) is 15.3. The van der Waals surface area contributed by atoms with Crippen molar-refractivity contribution in [2.24, 2.45) is 0 Å². The first-order valence-electron chi connectivity index (χ1n) is 7.22. The van der Waals surface area contributed by atoms with Crippen molar-refractivity contribution in [2.45, 2.75) is 46.1 Å². The van der Waals surface area contributed by atoms with Gasteiger partial charge >= 0.3 is 0 Å². The maximum atomic E-state index is 14.2. The molecule has 0 aliphatic carbocycles. The van der Waals surface area contributed by atoms with Gasteiger partial charge in [0, 0.05) is 0 Å². The second-order valence-electron chi connectivity index (χ2n) is 4.84. The lowest BCUT2D eigenvalue weighted by atomic mass is 9.82. The van der Waals surface area contributed by atoms with Crippen molar-refractivity contribution in [1.29, 1.82) is 0 Å². The van der Waals surface area contributed by atoms with Crippen LogP contribution in [0.2, 0.25) is 0 Å². The molecule has 0 aliphatic heterocycles. The van der Waals surface area contributed by atoms with E-state index in [0.29, 0.717) is 17.3 Å². The van der Waals surface area contributed by atoms with Crippen LogP contribution in [0.4, 0.5) is 4.39 Å². The minimum Gasteiger partial charge on any atom is -0.292 e. The highest BCUT2D eigenvalue weighted by molar-refractivity contribution is 9.10. The van der Waals surface area contributed by atoms with E-state index in [1.165, 1.54) is 0 Å². The lowest BCUT2D eigenvalue weighted by Gasteiger charge is -2.41. The molecule has 0 aliphatic rings. The predicted molar refractivity (Wildman–Crippen MR) is 84.7 cm³/mol. The van der Waals surface area contributed by atoms with Gasteiger partial charge in [-0.2, -0.15) is 0 Å². The Morgan fingerprint density at radius 3 is 2.20 bits per heavy atom. The van der Waals surface area contributed by atoms with Crippen LogP contribution >= 0.6 is 15.9 Å². The van der Waals surface area contributed by atoms with Gasteiger partial charge in [-0.15, -0.1) is 0 Å². The molecule has 0 saturated heterocycles. The molecule has 0 heterocycles. The zero-order valence-electron chi connectivity index (χ0n) is 12.7. The van der Waals surface area contributed by atoms with E-state index in [-0.39, 0.29) is 11.3 Å². The van der Waals surface area contributed by atoms with Crippen LogP contribution in [0, 0.1) is 5.82 Å². The summed E-state index contributed by atoms with van der Waals surface area (Å²) in [5.41, 5.74) is -0.444. The van der Waals surface area contributed by atoms with E-state index < -0.39 is 11.4 Å². The van der Waals surface area contributed by atoms with Crippen LogP contribution in [-0.4, -0.2) is 29.3 Å². The average Bonchev–Trinajstić information content (AvgIpc) is 2.47. The van der Waals surface area contributed by atoms with Gasteiger partial charge in [0.1, 0.15) is 5.82 Å². The molecule has 2 nitrogen and oxygen atoms in total. The summed E-state index contributed by atoms with van der Waals surface area (Å²) in [6.45, 7) is 9.62. The van der Waals surface area contributed by atoms with Gasteiger partial charge in [0.05, 0.1) is 15.6 Å². The van der Waals surface area contributed by atoms with Gasteiger partial charge < -0.3 is 0 Å². The van der Waals surface area contributed by atoms with Gasteiger partial charge in [-0.1, -0.05) is 33.8 Å². The van der Waals surface area contributed by atoms with E-state index in [2.05, 4.69) is 20.8 Å². The van der Waals surface area contributed by atoms with Crippen molar-refractivity contribution >= 4 is 21.7 Å². The van der Waals surface area contributed by atoms with E-state index in [1.807, 2.05) is 27.7 Å². The van der Waals surface area contributed by atoms with Crippen LogP contribution in [-0.2, 0) is 0 Å². The molecular formula is C16H23BrFNO. The average molecular weight is 344 g/mol. The van der Waals surface area contributed by atoms with Gasteiger partial charge in [-0.3, -0.25) is 9.69 Å². The topological polar surface area (TPSA) is 20.3 Å². The molecule has 0 fully saturated rings. The second kappa shape index (κ2) is 7.32. The first-order valence-corrected chi connectivity index (χ1v) is 8.01. The van der Waals surface area contributed by atoms with Crippen LogP contribution < -0.4 is 0 Å². The fourth-order valence-electron chi connectivity index (χ4n) is 2.92. The third-order valence-corrected chi connectivity index (χ3v) is 4.77. The van der Waals surface area contributed by atoms with Gasteiger partial charge in [-0.25, -0.2) is 4.39 Å². The summed E-state index contributed by atoms with van der Waals surface area (Å²) in [4.78, 5) is 15.1. The van der Waals surface area contributed by atoms with E-state index in [0.717, 1.165) is 13.1 Å². The Kier molecular flexibility index (Phi) is 6.34. The summed E-state index contributed by atoms with van der Waals surface area (Å²) in [7, 11) is 0. The largest absolute Gasteiger partial charge is 0.292 e. The number of likely N-dealkylation sites (N-methyl/N-ethyl adjacent to an activating group) is 1. The highest BCUT2D eigenvalue weighted by Crippen LogP contribution is 2.31. The van der Waals surface area contributed by atoms with Gasteiger partial charge in [-0.05, 0) is 54.0 Å². The van der Waals surface area contributed by atoms with Gasteiger partial charge in [0.2, 0.25) is 0 Å². The van der Waals surface area contributed by atoms with Gasteiger partial charge in [0.25, 0.3) is 0 Å². The van der Waals surface area contributed by atoms with Crippen molar-refractivity contribution in [2.75, 3.05) is 13.1 Å². The smallest absolute Gasteiger partial charge is 0.186 e. The summed E-state index contributed by atoms with van der Waals surface area (Å²) >= 11 is 3.16. The molecule has 0 atom stereocenters. The Morgan fingerprint density at radius 1 is 1.20 bits per heavy atom. The lowest BCUT2D eigenvalue weighted by molar-refractivity contribution is 0.0530. The number of hydrogen-bond acceptors (Lipinski definition) is 2. The predicted octanol–water partition coefficient (Wildman–Crippen LogP) is 4.67. The summed E-state index contributed by atoms with van der Waals surface area (Å²) in [6.07, 6.45) is 1.35. The van der Waals surface area contributed by atoms with Crippen molar-refractivity contribution in [1.82, 2.24) is 4.90 Å². The molecule has 0 radical (unpaired) electrons. The van der Waals surface area contributed by atoms with Crippen LogP contribution in [0.3, 0.4) is 0 Å². The maximum absolute atomic E-state index is 14.2. The zero-order valence-corrected chi connectivity index (χ0v) is 14.3. The Labute approximate surface area is 129 Å². The van der Waals surface area contributed by atoms with Crippen LogP contribution in [0.1, 0.15) is 50.9 Å². The standard InChI is InChI=1S/C16H23BrFNO/c1-5-16(6-2,19(7-3)8-4)15(20)12-10-9-11-13(17)14(12)18/h9-11H,5-8H2,1-4H3. The summed E-state index contributed by atoms with van der Waals surface area (Å²) in [5, 5.41) is 0. The van der Waals surface area contributed by atoms with Crippen LogP contribution in [0.25, 0.3) is 0 Å². The Morgan fingerprint density at radius 2 is 1.75 bits per heavy atom. The normalized spacial score (nSPS) is 11.9. The fraction of sp³-hybridized carbons (Fsp3) is 0.562. The Bertz CT molecular complexity index is 468. The molecule has 1 aromatic carbocycles. The molecule has 4 heteroatoms. The number of rotatable bonds is 7. The van der Waals surface area contributed by atoms with Crippen LogP contribution in [0.5, 0.6) is 0 Å². The number of ketones is 1. The molecule has 1 rings (SSSR count). The summed E-state index contributed by atoms with van der Waals surface area (Å²) in [6, 6.07) is 4.90. The molecule has 0 N–H and O–H groups in total. The Hall–Kier alpha value is -0.740. The molecule has 20 heavy (non-hydrogen) atoms. The van der Waals surface area contributed by atoms with Crippen LogP contribution in [0.15, 0.2) is 22.7 Å². The molecule has 1 aromatic rings. The molecule has 0 aromatic heterocycles. The molecule has 0 unspecified atom stereocenters. The van der Waals surface area contributed by atoms with E-state index >= 15 is 0 Å². The second-order valence-corrected chi connectivity index (χ2v) is 5.70. The van der Waals surface area contributed by atoms with Crippen molar-refractivity contribution in [3.8, 4) is 0 Å². The first kappa shape index (κ1) is 17.3. The molecule has 0 bridgehead atoms. The highest BCUT2D eigenvalue weighted by atomic mass is 79.9. The summed E-state index contributed by atoms with van der Waals surface area (Å²) in [5.74, 6) is -0.582. The SMILES string of the molecule is CCN(CC)C(CC)(CC)C(=O)c1cccc(Br)c1F. The van der Waals surface area contributed by atoms with Crippen molar-refractivity contribution in [3.63, 3.8) is 0 Å². The number of nitrogens with zero attached hydrogens (tertiary/aromatic N) is 1. The number of hydrogen-bond donors (Lipinski definition) is 0. The minimum atomic E-state index is -0.620. The molecule has 0 spiro atoms. The monoisotopic (exact) mass is 343 g/mol. The maximum Gasteiger partial charge on any atom is 0.186 e. The quantitative estimate of drug-likeness (QED) is 0.670.